The van der Waals surface area contributed by atoms with Gasteiger partial charge in [0.1, 0.15) is 0 Å². The number of pyridine rings is 1. The normalized spacial score (nSPS) is 10.8. The fourth-order valence-electron chi connectivity index (χ4n) is 1.99. The van der Waals surface area contributed by atoms with E-state index in [1.165, 1.54) is 4.88 Å². The highest BCUT2D eigenvalue weighted by Crippen LogP contribution is 2.16. The van der Waals surface area contributed by atoms with Gasteiger partial charge in [-0.2, -0.15) is 0 Å². The number of hydrogen-bond donors (Lipinski definition) is 1. The molecule has 3 heterocycles. The molecule has 1 N–H and O–H groups in total. The summed E-state index contributed by atoms with van der Waals surface area (Å²) < 4.78 is 7.11. The lowest BCUT2D eigenvalue weighted by atomic mass is 10.3. The summed E-state index contributed by atoms with van der Waals surface area (Å²) in [6, 6.07) is 9.98. The predicted octanol–water partition coefficient (Wildman–Crippen LogP) is 2.05. The van der Waals surface area contributed by atoms with Crippen molar-refractivity contribution in [3.63, 3.8) is 0 Å². The van der Waals surface area contributed by atoms with Crippen molar-refractivity contribution in [3.05, 3.63) is 46.3 Å². The maximum absolute atomic E-state index is 11.8. The van der Waals surface area contributed by atoms with Gasteiger partial charge < -0.3 is 10.1 Å². The Labute approximate surface area is 131 Å². The summed E-state index contributed by atoms with van der Waals surface area (Å²) in [4.78, 5) is 14.3. The van der Waals surface area contributed by atoms with Crippen LogP contribution in [0.3, 0.4) is 0 Å². The SMILES string of the molecule is CCc1ccc(CNC(=O)COc2nnc3ccccn23)s1. The van der Waals surface area contributed by atoms with E-state index in [-0.39, 0.29) is 12.5 Å². The summed E-state index contributed by atoms with van der Waals surface area (Å²) >= 11 is 1.71. The second-order valence-electron chi connectivity index (χ2n) is 4.70. The van der Waals surface area contributed by atoms with Gasteiger partial charge in [0.25, 0.3) is 5.91 Å². The Kier molecular flexibility index (Phi) is 4.34. The van der Waals surface area contributed by atoms with Crippen molar-refractivity contribution in [3.8, 4) is 6.01 Å². The van der Waals surface area contributed by atoms with Crippen molar-refractivity contribution < 1.29 is 9.53 Å². The highest BCUT2D eigenvalue weighted by atomic mass is 32.1. The molecule has 7 heteroatoms. The summed E-state index contributed by atoms with van der Waals surface area (Å²) in [5, 5.41) is 10.7. The van der Waals surface area contributed by atoms with Crippen molar-refractivity contribution in [2.75, 3.05) is 6.61 Å². The molecule has 0 saturated heterocycles. The van der Waals surface area contributed by atoms with Gasteiger partial charge in [0.15, 0.2) is 12.3 Å². The van der Waals surface area contributed by atoms with E-state index in [0.717, 1.165) is 11.3 Å². The Morgan fingerprint density at radius 1 is 1.27 bits per heavy atom. The number of carbonyl (C=O) groups excluding carboxylic acids is 1. The number of fused-ring (bicyclic) bond motifs is 1. The molecule has 0 fully saturated rings. The average Bonchev–Trinajstić information content (AvgIpc) is 3.17. The number of carbonyl (C=O) groups is 1. The largest absolute Gasteiger partial charge is 0.453 e. The van der Waals surface area contributed by atoms with E-state index >= 15 is 0 Å². The second kappa shape index (κ2) is 6.57. The van der Waals surface area contributed by atoms with Crippen LogP contribution in [0.2, 0.25) is 0 Å². The van der Waals surface area contributed by atoms with E-state index in [9.17, 15) is 4.79 Å². The molecule has 0 aliphatic rings. The lowest BCUT2D eigenvalue weighted by Gasteiger charge is -2.05. The molecule has 22 heavy (non-hydrogen) atoms. The number of nitrogens with zero attached hydrogens (tertiary/aromatic N) is 3. The van der Waals surface area contributed by atoms with Crippen molar-refractivity contribution in [2.24, 2.45) is 0 Å². The Morgan fingerprint density at radius 2 is 2.14 bits per heavy atom. The minimum Gasteiger partial charge on any atom is -0.453 e. The van der Waals surface area contributed by atoms with Crippen LogP contribution in [0.4, 0.5) is 0 Å². The molecular formula is C15H16N4O2S. The van der Waals surface area contributed by atoms with E-state index in [0.29, 0.717) is 18.2 Å². The quantitative estimate of drug-likeness (QED) is 0.756. The summed E-state index contributed by atoms with van der Waals surface area (Å²) in [6.45, 7) is 2.56. The predicted molar refractivity (Wildman–Crippen MR) is 84.0 cm³/mol. The fourth-order valence-corrected chi connectivity index (χ4v) is 2.89. The van der Waals surface area contributed by atoms with Crippen LogP contribution in [0.1, 0.15) is 16.7 Å². The van der Waals surface area contributed by atoms with Gasteiger partial charge in [-0.3, -0.25) is 9.20 Å². The summed E-state index contributed by atoms with van der Waals surface area (Å²) in [6.07, 6.45) is 2.81. The number of rotatable bonds is 6. The third-order valence-electron chi connectivity index (χ3n) is 3.14. The second-order valence-corrected chi connectivity index (χ2v) is 5.95. The molecule has 0 saturated carbocycles. The van der Waals surface area contributed by atoms with Gasteiger partial charge in [0.2, 0.25) is 0 Å². The maximum atomic E-state index is 11.8. The zero-order valence-corrected chi connectivity index (χ0v) is 13.0. The lowest BCUT2D eigenvalue weighted by molar-refractivity contribution is -0.123. The highest BCUT2D eigenvalue weighted by Gasteiger charge is 2.09. The van der Waals surface area contributed by atoms with E-state index in [1.54, 1.807) is 21.9 Å². The van der Waals surface area contributed by atoms with Crippen LogP contribution in [0.5, 0.6) is 6.01 Å². The number of aromatic nitrogens is 3. The van der Waals surface area contributed by atoms with Crippen LogP contribution >= 0.6 is 11.3 Å². The maximum Gasteiger partial charge on any atom is 0.322 e. The van der Waals surface area contributed by atoms with Gasteiger partial charge in [-0.15, -0.1) is 16.4 Å². The standard InChI is InChI=1S/C15H16N4O2S/c1-2-11-6-7-12(22-11)9-16-14(20)10-21-15-18-17-13-5-3-4-8-19(13)15/h3-8H,2,9-10H2,1H3,(H,16,20). The smallest absolute Gasteiger partial charge is 0.322 e. The third kappa shape index (κ3) is 3.25. The van der Waals surface area contributed by atoms with Crippen molar-refractivity contribution in [2.45, 2.75) is 19.9 Å². The minimum atomic E-state index is -0.181. The van der Waals surface area contributed by atoms with E-state index in [2.05, 4.69) is 28.5 Å². The molecule has 3 rings (SSSR count). The van der Waals surface area contributed by atoms with E-state index in [1.807, 2.05) is 24.3 Å². The van der Waals surface area contributed by atoms with Gasteiger partial charge in [-0.05, 0) is 30.7 Å². The number of hydrogen-bond acceptors (Lipinski definition) is 5. The number of thiophene rings is 1. The van der Waals surface area contributed by atoms with Crippen molar-refractivity contribution in [1.82, 2.24) is 19.9 Å². The highest BCUT2D eigenvalue weighted by molar-refractivity contribution is 7.11. The molecule has 1 amide bonds. The number of aryl methyl sites for hydroxylation is 1. The van der Waals surface area contributed by atoms with Crippen molar-refractivity contribution in [1.29, 1.82) is 0 Å². The topological polar surface area (TPSA) is 68.5 Å². The molecule has 0 bridgehead atoms. The van der Waals surface area contributed by atoms with E-state index in [4.69, 9.17) is 4.74 Å². The zero-order valence-electron chi connectivity index (χ0n) is 12.2. The van der Waals surface area contributed by atoms with Crippen LogP contribution < -0.4 is 10.1 Å². The van der Waals surface area contributed by atoms with Crippen LogP contribution in [0.25, 0.3) is 5.65 Å². The van der Waals surface area contributed by atoms with Crippen LogP contribution in [-0.4, -0.2) is 27.1 Å². The Bertz CT molecular complexity index is 781. The van der Waals surface area contributed by atoms with Crippen LogP contribution in [0, 0.1) is 0 Å². The number of amides is 1. The fraction of sp³-hybridized carbons (Fsp3) is 0.267. The molecule has 0 atom stereocenters. The van der Waals surface area contributed by atoms with Crippen LogP contribution in [0.15, 0.2) is 36.5 Å². The first kappa shape index (κ1) is 14.5. The average molecular weight is 316 g/mol. The molecular weight excluding hydrogens is 300 g/mol. The van der Waals surface area contributed by atoms with E-state index < -0.39 is 0 Å². The lowest BCUT2D eigenvalue weighted by Crippen LogP contribution is -2.28. The monoisotopic (exact) mass is 316 g/mol. The molecule has 3 aromatic heterocycles. The first-order valence-corrected chi connectivity index (χ1v) is 7.84. The first-order chi connectivity index (χ1) is 10.8. The molecule has 0 radical (unpaired) electrons. The molecule has 0 aliphatic heterocycles. The Morgan fingerprint density at radius 3 is 2.95 bits per heavy atom. The number of ether oxygens (including phenoxy) is 1. The van der Waals surface area contributed by atoms with Gasteiger partial charge in [0.05, 0.1) is 6.54 Å². The summed E-state index contributed by atoms with van der Waals surface area (Å²) in [5.74, 6) is -0.181. The summed E-state index contributed by atoms with van der Waals surface area (Å²) in [7, 11) is 0. The minimum absolute atomic E-state index is 0.0816. The van der Waals surface area contributed by atoms with Crippen molar-refractivity contribution >= 4 is 22.9 Å². The summed E-state index contributed by atoms with van der Waals surface area (Å²) in [5.41, 5.74) is 0.684. The molecule has 0 spiro atoms. The molecule has 114 valence electrons. The molecule has 6 nitrogen and oxygen atoms in total. The first-order valence-electron chi connectivity index (χ1n) is 7.03. The van der Waals surface area contributed by atoms with Gasteiger partial charge in [-0.1, -0.05) is 18.1 Å². The Balaban J connectivity index is 1.52. The van der Waals surface area contributed by atoms with Gasteiger partial charge in [0, 0.05) is 16.0 Å². The Hall–Kier alpha value is -2.41. The molecule has 0 unspecified atom stereocenters. The van der Waals surface area contributed by atoms with Gasteiger partial charge in [-0.25, -0.2) is 0 Å². The molecule has 3 aromatic rings. The van der Waals surface area contributed by atoms with Crippen LogP contribution in [-0.2, 0) is 17.8 Å². The molecule has 0 aromatic carbocycles. The molecule has 0 aliphatic carbocycles. The zero-order chi connectivity index (χ0) is 15.4. The van der Waals surface area contributed by atoms with Gasteiger partial charge >= 0.3 is 6.01 Å². The number of nitrogens with one attached hydrogen (secondary N) is 1. The third-order valence-corrected chi connectivity index (χ3v) is 4.37.